The van der Waals surface area contributed by atoms with Gasteiger partial charge >= 0.3 is 0 Å². The van der Waals surface area contributed by atoms with Crippen LogP contribution in [0.5, 0.6) is 0 Å². The molecule has 0 aliphatic heterocycles. The maximum atomic E-state index is 12.1. The zero-order valence-corrected chi connectivity index (χ0v) is 13.8. The van der Waals surface area contributed by atoms with Crippen LogP contribution in [0.4, 0.5) is 0 Å². The average Bonchev–Trinajstić information content (AvgIpc) is 2.46. The summed E-state index contributed by atoms with van der Waals surface area (Å²) in [7, 11) is 0. The first kappa shape index (κ1) is 18.3. The first-order valence-electron chi connectivity index (χ1n) is 7.42. The minimum atomic E-state index is -0.626. The number of aryl methyl sites for hydroxylation is 1. The second-order valence-corrected chi connectivity index (χ2v) is 6.14. The van der Waals surface area contributed by atoms with Gasteiger partial charge in [-0.2, -0.15) is 0 Å². The summed E-state index contributed by atoms with van der Waals surface area (Å²) in [6.45, 7) is 0.681. The number of carbonyl (C=O) groups is 1. The summed E-state index contributed by atoms with van der Waals surface area (Å²) in [6, 6.07) is 7.84. The van der Waals surface area contributed by atoms with Crippen LogP contribution in [0.3, 0.4) is 0 Å². The van der Waals surface area contributed by atoms with E-state index in [0.717, 1.165) is 43.5 Å². The third-order valence-electron chi connectivity index (χ3n) is 4.04. The fourth-order valence-electron chi connectivity index (χ4n) is 2.73. The first-order chi connectivity index (χ1) is 9.60. The topological polar surface area (TPSA) is 55.1 Å². The Morgan fingerprint density at radius 2 is 1.81 bits per heavy atom. The molecule has 21 heavy (non-hydrogen) atoms. The van der Waals surface area contributed by atoms with E-state index in [4.69, 9.17) is 17.3 Å². The predicted molar refractivity (Wildman–Crippen MR) is 90.0 cm³/mol. The van der Waals surface area contributed by atoms with Crippen molar-refractivity contribution in [3.63, 3.8) is 0 Å². The van der Waals surface area contributed by atoms with E-state index in [9.17, 15) is 4.79 Å². The van der Waals surface area contributed by atoms with Gasteiger partial charge in [0.25, 0.3) is 0 Å². The number of nitrogens with one attached hydrogen (secondary N) is 1. The van der Waals surface area contributed by atoms with Crippen molar-refractivity contribution in [2.24, 2.45) is 5.73 Å². The molecule has 1 aromatic rings. The minimum absolute atomic E-state index is 0. The van der Waals surface area contributed by atoms with Crippen molar-refractivity contribution >= 4 is 29.9 Å². The van der Waals surface area contributed by atoms with Gasteiger partial charge in [0.2, 0.25) is 5.91 Å². The Morgan fingerprint density at radius 3 is 2.43 bits per heavy atom. The molecule has 0 unspecified atom stereocenters. The van der Waals surface area contributed by atoms with E-state index in [0.29, 0.717) is 6.54 Å². The van der Waals surface area contributed by atoms with E-state index in [1.54, 1.807) is 0 Å². The predicted octanol–water partition coefficient (Wildman–Crippen LogP) is 3.47. The lowest BCUT2D eigenvalue weighted by molar-refractivity contribution is -0.127. The molecule has 0 saturated heterocycles. The highest BCUT2D eigenvalue weighted by Gasteiger charge is 2.34. The van der Waals surface area contributed by atoms with Gasteiger partial charge in [-0.1, -0.05) is 43.0 Å². The standard InChI is InChI=1S/C16H23ClN2O.ClH/c17-14-8-6-13(7-9-14)5-4-12-19-15(20)16(18)10-2-1-3-11-16;/h6-9H,1-5,10-12,18H2,(H,19,20);1H. The van der Waals surface area contributed by atoms with Crippen molar-refractivity contribution in [2.75, 3.05) is 6.54 Å². The number of hydrogen-bond donors (Lipinski definition) is 2. The van der Waals surface area contributed by atoms with Crippen LogP contribution in [0.25, 0.3) is 0 Å². The van der Waals surface area contributed by atoms with Crippen molar-refractivity contribution in [1.82, 2.24) is 5.32 Å². The number of carbonyl (C=O) groups excluding carboxylic acids is 1. The van der Waals surface area contributed by atoms with E-state index in [-0.39, 0.29) is 18.3 Å². The fourth-order valence-corrected chi connectivity index (χ4v) is 2.86. The zero-order valence-electron chi connectivity index (χ0n) is 12.2. The molecule has 0 bridgehead atoms. The molecule has 0 heterocycles. The van der Waals surface area contributed by atoms with Gasteiger partial charge < -0.3 is 11.1 Å². The Bertz CT molecular complexity index is 442. The molecule has 3 N–H and O–H groups in total. The number of benzene rings is 1. The first-order valence-corrected chi connectivity index (χ1v) is 7.80. The van der Waals surface area contributed by atoms with Crippen molar-refractivity contribution in [1.29, 1.82) is 0 Å². The van der Waals surface area contributed by atoms with Crippen molar-refractivity contribution in [3.05, 3.63) is 34.9 Å². The van der Waals surface area contributed by atoms with Gasteiger partial charge in [0.15, 0.2) is 0 Å². The monoisotopic (exact) mass is 330 g/mol. The Morgan fingerprint density at radius 1 is 1.19 bits per heavy atom. The molecular formula is C16H24Cl2N2O. The highest BCUT2D eigenvalue weighted by molar-refractivity contribution is 6.30. The summed E-state index contributed by atoms with van der Waals surface area (Å²) in [5.74, 6) is 0.0216. The van der Waals surface area contributed by atoms with Gasteiger partial charge in [-0.05, 0) is 43.4 Å². The molecule has 1 fully saturated rings. The van der Waals surface area contributed by atoms with Crippen LogP contribution in [0.2, 0.25) is 5.02 Å². The van der Waals surface area contributed by atoms with Crippen LogP contribution in [0, 0.1) is 0 Å². The van der Waals surface area contributed by atoms with Gasteiger partial charge in [0.05, 0.1) is 5.54 Å². The van der Waals surface area contributed by atoms with E-state index < -0.39 is 5.54 Å². The van der Waals surface area contributed by atoms with Gasteiger partial charge in [0, 0.05) is 11.6 Å². The molecule has 2 rings (SSSR count). The van der Waals surface area contributed by atoms with E-state index in [1.165, 1.54) is 12.0 Å². The molecule has 118 valence electrons. The van der Waals surface area contributed by atoms with Gasteiger partial charge in [-0.25, -0.2) is 0 Å². The average molecular weight is 331 g/mol. The van der Waals surface area contributed by atoms with Crippen LogP contribution < -0.4 is 11.1 Å². The zero-order chi connectivity index (χ0) is 14.4. The van der Waals surface area contributed by atoms with Gasteiger partial charge in [0.1, 0.15) is 0 Å². The maximum absolute atomic E-state index is 12.1. The highest BCUT2D eigenvalue weighted by atomic mass is 35.5. The molecule has 1 aromatic carbocycles. The van der Waals surface area contributed by atoms with Gasteiger partial charge in [-0.3, -0.25) is 4.79 Å². The number of amides is 1. The van der Waals surface area contributed by atoms with Crippen molar-refractivity contribution in [3.8, 4) is 0 Å². The smallest absolute Gasteiger partial charge is 0.240 e. The van der Waals surface area contributed by atoms with Gasteiger partial charge in [-0.15, -0.1) is 12.4 Å². The number of rotatable bonds is 5. The lowest BCUT2D eigenvalue weighted by Crippen LogP contribution is -2.55. The van der Waals surface area contributed by atoms with E-state index >= 15 is 0 Å². The Balaban J connectivity index is 0.00000220. The summed E-state index contributed by atoms with van der Waals surface area (Å²) in [6.07, 6.45) is 6.82. The third-order valence-corrected chi connectivity index (χ3v) is 4.29. The third kappa shape index (κ3) is 5.50. The lowest BCUT2D eigenvalue weighted by atomic mass is 9.82. The molecule has 0 spiro atoms. The second kappa shape index (κ2) is 8.62. The number of halogens is 2. The number of nitrogens with two attached hydrogens (primary N) is 1. The molecule has 0 radical (unpaired) electrons. The van der Waals surface area contributed by atoms with Crippen LogP contribution >= 0.6 is 24.0 Å². The minimum Gasteiger partial charge on any atom is -0.354 e. The summed E-state index contributed by atoms with van der Waals surface area (Å²) in [5, 5.41) is 3.74. The SMILES string of the molecule is Cl.NC1(C(=O)NCCCc2ccc(Cl)cc2)CCCCC1. The lowest BCUT2D eigenvalue weighted by Gasteiger charge is -2.31. The fraction of sp³-hybridized carbons (Fsp3) is 0.562. The van der Waals surface area contributed by atoms with Crippen LogP contribution in [-0.4, -0.2) is 18.0 Å². The van der Waals surface area contributed by atoms with Crippen LogP contribution in [-0.2, 0) is 11.2 Å². The Kier molecular flexibility index (Phi) is 7.50. The van der Waals surface area contributed by atoms with Crippen LogP contribution in [0.1, 0.15) is 44.1 Å². The normalized spacial score (nSPS) is 16.9. The second-order valence-electron chi connectivity index (χ2n) is 5.70. The number of hydrogen-bond acceptors (Lipinski definition) is 2. The molecule has 1 aliphatic carbocycles. The molecular weight excluding hydrogens is 307 g/mol. The summed E-state index contributed by atoms with van der Waals surface area (Å²) in [4.78, 5) is 12.1. The van der Waals surface area contributed by atoms with Crippen molar-refractivity contribution in [2.45, 2.75) is 50.5 Å². The summed E-state index contributed by atoms with van der Waals surface area (Å²) < 4.78 is 0. The molecule has 1 aliphatic rings. The van der Waals surface area contributed by atoms with E-state index in [2.05, 4.69) is 5.32 Å². The van der Waals surface area contributed by atoms with Crippen molar-refractivity contribution < 1.29 is 4.79 Å². The molecule has 0 aromatic heterocycles. The Labute approximate surface area is 138 Å². The summed E-state index contributed by atoms with van der Waals surface area (Å²) >= 11 is 5.85. The maximum Gasteiger partial charge on any atom is 0.240 e. The molecule has 0 atom stereocenters. The molecule has 1 amide bonds. The highest BCUT2D eigenvalue weighted by Crippen LogP contribution is 2.25. The summed E-state index contributed by atoms with van der Waals surface area (Å²) in [5.41, 5.74) is 6.80. The molecule has 3 nitrogen and oxygen atoms in total. The molecule has 1 saturated carbocycles. The molecule has 5 heteroatoms. The van der Waals surface area contributed by atoms with E-state index in [1.807, 2.05) is 24.3 Å². The largest absolute Gasteiger partial charge is 0.354 e. The van der Waals surface area contributed by atoms with Crippen LogP contribution in [0.15, 0.2) is 24.3 Å². The Hall–Kier alpha value is -0.770. The quantitative estimate of drug-likeness (QED) is 0.812.